The average Bonchev–Trinajstić information content (AvgIpc) is 3.11. The fourth-order valence-electron chi connectivity index (χ4n) is 3.81. The van der Waals surface area contributed by atoms with E-state index in [4.69, 9.17) is 0 Å². The molecular weight excluding hydrogens is 341 g/mol. The number of nitrogens with one attached hydrogen (secondary N) is 1. The maximum absolute atomic E-state index is 13.5. The van der Waals surface area contributed by atoms with Gasteiger partial charge in [0.25, 0.3) is 0 Å². The third-order valence-corrected chi connectivity index (χ3v) is 5.25. The molecule has 27 heavy (non-hydrogen) atoms. The van der Waals surface area contributed by atoms with E-state index in [9.17, 15) is 4.39 Å². The lowest BCUT2D eigenvalue weighted by atomic mass is 10.1. The van der Waals surface area contributed by atoms with E-state index in [0.717, 1.165) is 39.4 Å². The summed E-state index contributed by atoms with van der Waals surface area (Å²) >= 11 is 0. The Kier molecular flexibility index (Phi) is 3.96. The molecule has 2 aromatic heterocycles. The van der Waals surface area contributed by atoms with Gasteiger partial charge in [0.1, 0.15) is 17.7 Å². The van der Waals surface area contributed by atoms with Gasteiger partial charge < -0.3 is 10.2 Å². The first-order valence-electron chi connectivity index (χ1n) is 9.31. The van der Waals surface area contributed by atoms with Crippen LogP contribution in [-0.4, -0.2) is 35.1 Å². The summed E-state index contributed by atoms with van der Waals surface area (Å²) in [6.07, 6.45) is 4.08. The topological polar surface area (TPSA) is 53.4 Å². The molecule has 0 amide bonds. The summed E-state index contributed by atoms with van der Waals surface area (Å²) in [6, 6.07) is 12.2. The van der Waals surface area contributed by atoms with Crippen molar-refractivity contribution in [3.05, 3.63) is 60.0 Å². The summed E-state index contributed by atoms with van der Waals surface area (Å²) in [5, 5.41) is 5.59. The smallest absolute Gasteiger partial charge is 0.152 e. The normalized spacial score (nSPS) is 17.1. The van der Waals surface area contributed by atoms with E-state index in [1.807, 2.05) is 24.4 Å². The number of alkyl halides is 1. The van der Waals surface area contributed by atoms with Crippen molar-refractivity contribution in [2.75, 3.05) is 23.3 Å². The van der Waals surface area contributed by atoms with Crippen LogP contribution in [0.2, 0.25) is 0 Å². The molecule has 2 aliphatic heterocycles. The monoisotopic (exact) mass is 361 g/mol. The molecule has 1 fully saturated rings. The van der Waals surface area contributed by atoms with Gasteiger partial charge in [-0.15, -0.1) is 0 Å². The lowest BCUT2D eigenvalue weighted by Crippen LogP contribution is -2.35. The highest BCUT2D eigenvalue weighted by Crippen LogP contribution is 2.29. The van der Waals surface area contributed by atoms with Gasteiger partial charge in [-0.25, -0.2) is 9.37 Å². The van der Waals surface area contributed by atoms with Gasteiger partial charge in [-0.05, 0) is 48.6 Å². The van der Waals surface area contributed by atoms with Crippen molar-refractivity contribution in [1.82, 2.24) is 9.97 Å². The zero-order valence-electron chi connectivity index (χ0n) is 14.9. The van der Waals surface area contributed by atoms with Crippen LogP contribution >= 0.6 is 0 Å². The number of aromatic nitrogens is 2. The summed E-state index contributed by atoms with van der Waals surface area (Å²) < 4.78 is 13.5. The number of nitrogens with zero attached hydrogens (tertiary/aromatic N) is 4. The average molecular weight is 361 g/mol. The second kappa shape index (κ2) is 6.61. The van der Waals surface area contributed by atoms with Gasteiger partial charge in [0, 0.05) is 42.1 Å². The lowest BCUT2D eigenvalue weighted by molar-refractivity contribution is 0.277. The van der Waals surface area contributed by atoms with Crippen LogP contribution in [0.1, 0.15) is 24.1 Å². The Bertz CT molecular complexity index is 1020. The highest BCUT2D eigenvalue weighted by atomic mass is 19.1. The minimum absolute atomic E-state index is 0.573. The van der Waals surface area contributed by atoms with Crippen LogP contribution in [0.3, 0.4) is 0 Å². The first-order chi connectivity index (χ1) is 13.3. The number of hydrogen-bond acceptors (Lipinski definition) is 5. The number of fused-ring (bicyclic) bond motifs is 2. The third kappa shape index (κ3) is 3.01. The molecule has 1 aromatic carbocycles. The van der Waals surface area contributed by atoms with E-state index in [-0.39, 0.29) is 0 Å². The second-order valence-corrected chi connectivity index (χ2v) is 7.03. The summed E-state index contributed by atoms with van der Waals surface area (Å²) in [7, 11) is 0. The second-order valence-electron chi connectivity index (χ2n) is 7.03. The maximum Gasteiger partial charge on any atom is 0.152 e. The van der Waals surface area contributed by atoms with Crippen LogP contribution < -0.4 is 10.2 Å². The van der Waals surface area contributed by atoms with Crippen LogP contribution in [0.25, 0.3) is 10.8 Å². The van der Waals surface area contributed by atoms with E-state index >= 15 is 0 Å². The number of rotatable bonds is 2. The quantitative estimate of drug-likeness (QED) is 0.751. The molecule has 0 atom stereocenters. The lowest BCUT2D eigenvalue weighted by Gasteiger charge is -2.30. The minimum atomic E-state index is -0.685. The number of pyridine rings is 2. The molecular formula is C21H20FN5. The van der Waals surface area contributed by atoms with E-state index < -0.39 is 6.17 Å². The number of amidine groups is 1. The highest BCUT2D eigenvalue weighted by Gasteiger charge is 2.21. The standard InChI is InChI=1S/C21H20FN5/c22-16-6-10-27(11-7-16)21-18-4-3-17(12-14(18)5-9-24-21)26-20-19-15(13-25-20)2-1-8-23-19/h1-5,8-9,12,16H,6-7,10-11,13H2,(H,25,26). The number of piperidine rings is 1. The zero-order chi connectivity index (χ0) is 18.2. The predicted octanol–water partition coefficient (Wildman–Crippen LogP) is 3.94. The summed E-state index contributed by atoms with van der Waals surface area (Å²) in [4.78, 5) is 15.8. The summed E-state index contributed by atoms with van der Waals surface area (Å²) in [5.41, 5.74) is 3.03. The fraction of sp³-hybridized carbons (Fsp3) is 0.286. The molecule has 0 unspecified atom stereocenters. The molecule has 0 bridgehead atoms. The van der Waals surface area contributed by atoms with Crippen molar-refractivity contribution >= 4 is 28.1 Å². The summed E-state index contributed by atoms with van der Waals surface area (Å²) in [6.45, 7) is 2.09. The van der Waals surface area contributed by atoms with E-state index in [1.54, 1.807) is 6.20 Å². The van der Waals surface area contributed by atoms with Gasteiger partial charge in [-0.3, -0.25) is 9.98 Å². The molecule has 2 aliphatic rings. The Morgan fingerprint density at radius 1 is 1.04 bits per heavy atom. The molecule has 1 saturated heterocycles. The van der Waals surface area contributed by atoms with Gasteiger partial charge in [0.15, 0.2) is 5.84 Å². The van der Waals surface area contributed by atoms with Crippen molar-refractivity contribution in [2.45, 2.75) is 25.6 Å². The number of benzene rings is 1. The third-order valence-electron chi connectivity index (χ3n) is 5.25. The van der Waals surface area contributed by atoms with Crippen molar-refractivity contribution in [3.8, 4) is 0 Å². The SMILES string of the molecule is FC1CCN(c2nccc3cc(NC4=NCc5cccnc54)ccc23)CC1. The Labute approximate surface area is 157 Å². The van der Waals surface area contributed by atoms with Crippen molar-refractivity contribution in [2.24, 2.45) is 4.99 Å². The predicted molar refractivity (Wildman–Crippen MR) is 106 cm³/mol. The first kappa shape index (κ1) is 16.2. The number of aliphatic imine (C=N–C) groups is 1. The van der Waals surface area contributed by atoms with Gasteiger partial charge in [0.05, 0.1) is 6.54 Å². The van der Waals surface area contributed by atoms with Gasteiger partial charge in [0.2, 0.25) is 0 Å². The summed E-state index contributed by atoms with van der Waals surface area (Å²) in [5.74, 6) is 1.75. The first-order valence-corrected chi connectivity index (χ1v) is 9.31. The molecule has 1 N–H and O–H groups in total. The number of halogens is 1. The van der Waals surface area contributed by atoms with Gasteiger partial charge in [-0.1, -0.05) is 6.07 Å². The largest absolute Gasteiger partial charge is 0.356 e. The molecule has 5 rings (SSSR count). The Morgan fingerprint density at radius 3 is 2.81 bits per heavy atom. The zero-order valence-corrected chi connectivity index (χ0v) is 14.9. The van der Waals surface area contributed by atoms with E-state index in [0.29, 0.717) is 32.5 Å². The van der Waals surface area contributed by atoms with Crippen molar-refractivity contribution < 1.29 is 4.39 Å². The van der Waals surface area contributed by atoms with E-state index in [1.165, 1.54) is 0 Å². The minimum Gasteiger partial charge on any atom is -0.356 e. The molecule has 6 heteroatoms. The van der Waals surface area contributed by atoms with Crippen LogP contribution in [-0.2, 0) is 6.54 Å². The molecule has 0 radical (unpaired) electrons. The van der Waals surface area contributed by atoms with Crippen LogP contribution in [0, 0.1) is 0 Å². The van der Waals surface area contributed by atoms with Gasteiger partial charge >= 0.3 is 0 Å². The molecule has 0 spiro atoms. The van der Waals surface area contributed by atoms with Crippen LogP contribution in [0.5, 0.6) is 0 Å². The molecule has 0 aliphatic carbocycles. The molecule has 136 valence electrons. The maximum atomic E-state index is 13.5. The fourth-order valence-corrected chi connectivity index (χ4v) is 3.81. The van der Waals surface area contributed by atoms with E-state index in [2.05, 4.69) is 43.4 Å². The van der Waals surface area contributed by atoms with Gasteiger partial charge in [-0.2, -0.15) is 0 Å². The molecule has 4 heterocycles. The Balaban J connectivity index is 1.43. The van der Waals surface area contributed by atoms with Crippen LogP contribution in [0.15, 0.2) is 53.8 Å². The molecule has 5 nitrogen and oxygen atoms in total. The molecule has 3 aromatic rings. The number of hydrogen-bond donors (Lipinski definition) is 1. The number of anilines is 2. The van der Waals surface area contributed by atoms with Crippen LogP contribution in [0.4, 0.5) is 15.9 Å². The molecule has 0 saturated carbocycles. The van der Waals surface area contributed by atoms with Crippen molar-refractivity contribution in [1.29, 1.82) is 0 Å². The Morgan fingerprint density at radius 2 is 1.93 bits per heavy atom. The Hall–Kier alpha value is -3.02. The highest BCUT2D eigenvalue weighted by molar-refractivity contribution is 6.10. The van der Waals surface area contributed by atoms with Crippen molar-refractivity contribution in [3.63, 3.8) is 0 Å².